The van der Waals surface area contributed by atoms with Crippen molar-refractivity contribution >= 4 is 0 Å². The Morgan fingerprint density at radius 3 is 2.05 bits per heavy atom. The highest BCUT2D eigenvalue weighted by molar-refractivity contribution is 5.26. The molecule has 0 radical (unpaired) electrons. The van der Waals surface area contributed by atoms with E-state index in [0.717, 1.165) is 45.1 Å². The van der Waals surface area contributed by atoms with Crippen LogP contribution in [-0.2, 0) is 37.9 Å². The van der Waals surface area contributed by atoms with Gasteiger partial charge in [0, 0.05) is 12.3 Å². The number of allylic oxidation sites excluding steroid dienone is 1. The van der Waals surface area contributed by atoms with Crippen molar-refractivity contribution in [3.05, 3.63) is 11.6 Å². The molecule has 8 fully saturated rings. The topological polar surface area (TPSA) is 236 Å². The van der Waals surface area contributed by atoms with E-state index in [0.29, 0.717) is 41.9 Å². The first kappa shape index (κ1) is 44.3. The Morgan fingerprint density at radius 1 is 0.700 bits per heavy atom. The molecule has 342 valence electrons. The van der Waals surface area contributed by atoms with Gasteiger partial charge in [-0.05, 0) is 98.7 Å². The highest BCUT2D eigenvalue weighted by Crippen LogP contribution is 2.70. The number of hydrogen-bond acceptors (Lipinski definition) is 16. The van der Waals surface area contributed by atoms with Crippen molar-refractivity contribution in [3.8, 4) is 0 Å². The predicted octanol–water partition coefficient (Wildman–Crippen LogP) is 0.853. The van der Waals surface area contributed by atoms with Gasteiger partial charge in [-0.2, -0.15) is 0 Å². The third kappa shape index (κ3) is 7.10. The lowest BCUT2D eigenvalue weighted by Crippen LogP contribution is -2.65. The molecule has 0 unspecified atom stereocenters. The van der Waals surface area contributed by atoms with E-state index in [9.17, 15) is 40.9 Å². The smallest absolute Gasteiger partial charge is 0.187 e. The van der Waals surface area contributed by atoms with E-state index < -0.39 is 105 Å². The molecule has 16 heteroatoms. The fourth-order valence-corrected chi connectivity index (χ4v) is 13.9. The van der Waals surface area contributed by atoms with Crippen molar-refractivity contribution in [2.24, 2.45) is 46.3 Å². The minimum atomic E-state index is -1.75. The summed E-state index contributed by atoms with van der Waals surface area (Å²) >= 11 is 0. The van der Waals surface area contributed by atoms with Gasteiger partial charge in [0.1, 0.15) is 61.0 Å². The lowest BCUT2D eigenvalue weighted by atomic mass is 9.47. The fourth-order valence-electron chi connectivity index (χ4n) is 13.9. The van der Waals surface area contributed by atoms with Gasteiger partial charge in [-0.1, -0.05) is 39.3 Å². The Bertz CT molecular complexity index is 1560. The molecular weight excluding hydrogens is 784 g/mol. The number of hydrogen-bond donors (Lipinski definition) is 8. The van der Waals surface area contributed by atoms with E-state index in [1.165, 1.54) is 25.3 Å². The van der Waals surface area contributed by atoms with Crippen molar-refractivity contribution < 1.29 is 78.7 Å². The van der Waals surface area contributed by atoms with Crippen LogP contribution in [-0.4, -0.2) is 165 Å². The molecule has 25 atom stereocenters. The van der Waals surface area contributed by atoms with Crippen molar-refractivity contribution in [1.29, 1.82) is 0 Å². The number of fused-ring (bicyclic) bond motifs is 7. The molecule has 0 aromatic carbocycles. The number of rotatable bonds is 8. The molecule has 60 heavy (non-hydrogen) atoms. The van der Waals surface area contributed by atoms with Crippen molar-refractivity contribution in [3.63, 3.8) is 0 Å². The van der Waals surface area contributed by atoms with Gasteiger partial charge in [-0.15, -0.1) is 0 Å². The van der Waals surface area contributed by atoms with Gasteiger partial charge >= 0.3 is 0 Å². The van der Waals surface area contributed by atoms with Crippen molar-refractivity contribution in [2.45, 2.75) is 196 Å². The van der Waals surface area contributed by atoms with Gasteiger partial charge in [-0.3, -0.25) is 0 Å². The maximum absolute atomic E-state index is 11.6. The van der Waals surface area contributed by atoms with Crippen LogP contribution < -0.4 is 0 Å². The van der Waals surface area contributed by atoms with Crippen LogP contribution in [0.5, 0.6) is 0 Å². The standard InChI is InChI=1S/C44H70O16/c1-19-8-13-44(53-18-19)20(2)30-27(60-44)15-26-24-7-6-22-14-23(9-11-42(22,4)25(24)10-12-43(26,30)5)55-41-36(52)38(32(48)29(17-46)57-41)59-39-35(51)33(49)37(21(3)54-39)58-40-34(50)31(47)28(16-45)56-40/h6,19-21,23-41,45-52H,7-18H2,1-5H3/t19-,20+,21+,23+,24-,25+,26+,27+,28+,29-,30+,31+,32-,33+,34-,35-,36-,37+,38+,39+,40+,41-,42+,43+,44-/m1/s1. The number of aliphatic hydroxyl groups excluding tert-OH is 8. The van der Waals surface area contributed by atoms with Gasteiger partial charge in [-0.25, -0.2) is 0 Å². The molecule has 0 aromatic rings. The summed E-state index contributed by atoms with van der Waals surface area (Å²) in [6.07, 6.45) is -8.31. The van der Waals surface area contributed by atoms with E-state index in [-0.39, 0.29) is 23.0 Å². The molecule has 3 saturated carbocycles. The monoisotopic (exact) mass is 854 g/mol. The zero-order valence-corrected chi connectivity index (χ0v) is 35.6. The van der Waals surface area contributed by atoms with Gasteiger partial charge in [0.2, 0.25) is 0 Å². The fraction of sp³-hybridized carbons (Fsp3) is 0.955. The van der Waals surface area contributed by atoms with Gasteiger partial charge in [0.15, 0.2) is 24.7 Å². The van der Waals surface area contributed by atoms with E-state index in [4.69, 9.17) is 37.9 Å². The van der Waals surface area contributed by atoms with Crippen LogP contribution >= 0.6 is 0 Å². The molecule has 9 rings (SSSR count). The van der Waals surface area contributed by atoms with Crippen LogP contribution in [0.2, 0.25) is 0 Å². The Hall–Kier alpha value is -0.900. The summed E-state index contributed by atoms with van der Waals surface area (Å²) in [6, 6.07) is 0. The molecule has 0 amide bonds. The molecule has 9 aliphatic rings. The van der Waals surface area contributed by atoms with Gasteiger partial charge in [0.25, 0.3) is 0 Å². The molecule has 1 spiro atoms. The van der Waals surface area contributed by atoms with Gasteiger partial charge in [0.05, 0.1) is 38.1 Å². The maximum Gasteiger partial charge on any atom is 0.187 e. The average molecular weight is 855 g/mol. The second-order valence-corrected chi connectivity index (χ2v) is 20.6. The summed E-state index contributed by atoms with van der Waals surface area (Å²) in [7, 11) is 0. The summed E-state index contributed by atoms with van der Waals surface area (Å²) in [5.41, 5.74) is 1.62. The summed E-state index contributed by atoms with van der Waals surface area (Å²) < 4.78 is 48.9. The minimum absolute atomic E-state index is 0.0233. The van der Waals surface area contributed by atoms with Crippen LogP contribution in [0.3, 0.4) is 0 Å². The Labute approximate surface area is 352 Å². The molecule has 4 aliphatic carbocycles. The normalized spacial score (nSPS) is 57.7. The number of ether oxygens (including phenoxy) is 8. The second-order valence-electron chi connectivity index (χ2n) is 20.6. The van der Waals surface area contributed by atoms with Crippen LogP contribution in [0.15, 0.2) is 11.6 Å². The third-order valence-corrected chi connectivity index (χ3v) is 17.3. The van der Waals surface area contributed by atoms with Crippen LogP contribution in [0.1, 0.15) is 92.4 Å². The van der Waals surface area contributed by atoms with E-state index in [1.807, 2.05) is 0 Å². The Kier molecular flexibility index (Phi) is 12.2. The molecule has 5 aliphatic heterocycles. The average Bonchev–Trinajstić information content (AvgIpc) is 3.79. The van der Waals surface area contributed by atoms with Crippen molar-refractivity contribution in [1.82, 2.24) is 0 Å². The quantitative estimate of drug-likeness (QED) is 0.158. The molecule has 16 nitrogen and oxygen atoms in total. The molecule has 8 N–H and O–H groups in total. The molecule has 5 saturated heterocycles. The highest BCUT2D eigenvalue weighted by Gasteiger charge is 2.69. The highest BCUT2D eigenvalue weighted by atomic mass is 16.8. The van der Waals surface area contributed by atoms with Gasteiger partial charge < -0.3 is 78.7 Å². The van der Waals surface area contributed by atoms with E-state index >= 15 is 0 Å². The Morgan fingerprint density at radius 2 is 1.37 bits per heavy atom. The van der Waals surface area contributed by atoms with Crippen molar-refractivity contribution in [2.75, 3.05) is 19.8 Å². The summed E-state index contributed by atoms with van der Waals surface area (Å²) in [5, 5.41) is 85.0. The second kappa shape index (κ2) is 16.5. The first-order valence-electron chi connectivity index (χ1n) is 22.8. The largest absolute Gasteiger partial charge is 0.394 e. The van der Waals surface area contributed by atoms with Crippen LogP contribution in [0, 0.1) is 46.3 Å². The molecule has 0 aromatic heterocycles. The molecular formula is C44H70O16. The molecule has 0 bridgehead atoms. The van der Waals surface area contributed by atoms with Crippen LogP contribution in [0.25, 0.3) is 0 Å². The maximum atomic E-state index is 11.6. The SMILES string of the molecule is C[C@@H]1CC[C@@]2(OC1)O[C@H]1C[C@H]3[C@@H]4CC=C5C[C@@H](O[C@@H]6O[C@H](CO)[C@@H](O)[C@H](O[C@@H]7O[C@@H](C)[C@H](O[C@@H]8O[C@@H](CO)[C@H](O)[C@H]8O)[C@@H](O)[C@H]7O)[C@H]6O)CC[C@]5(C)[C@H]4CC[C@]3(C)[C@H]1[C@@H]2C. The van der Waals surface area contributed by atoms with E-state index in [1.54, 1.807) is 0 Å². The summed E-state index contributed by atoms with van der Waals surface area (Å²) in [6.45, 7) is 10.8. The summed E-state index contributed by atoms with van der Waals surface area (Å²) in [5.74, 6) is 2.78. The minimum Gasteiger partial charge on any atom is -0.394 e. The third-order valence-electron chi connectivity index (χ3n) is 17.3. The molecule has 5 heterocycles. The lowest BCUT2D eigenvalue weighted by Gasteiger charge is -2.58. The lowest BCUT2D eigenvalue weighted by molar-refractivity contribution is -0.369. The summed E-state index contributed by atoms with van der Waals surface area (Å²) in [4.78, 5) is 0. The zero-order chi connectivity index (χ0) is 42.6. The van der Waals surface area contributed by atoms with Crippen LogP contribution in [0.4, 0.5) is 0 Å². The first-order chi connectivity index (χ1) is 28.5. The predicted molar refractivity (Wildman–Crippen MR) is 208 cm³/mol. The first-order valence-corrected chi connectivity index (χ1v) is 22.8. The Balaban J connectivity index is 0.836. The zero-order valence-electron chi connectivity index (χ0n) is 35.6. The number of aliphatic hydroxyl groups is 8. The van der Waals surface area contributed by atoms with E-state index in [2.05, 4.69) is 33.8 Å².